The molecule has 0 aromatic heterocycles. The van der Waals surface area contributed by atoms with Gasteiger partial charge in [-0.3, -0.25) is 19.8 Å². The SMILES string of the molecule is O=C(NN1CCCCC1)c1ccc(N2C(=O)c3ccccc3C2=O)cc1. The van der Waals surface area contributed by atoms with Crippen LogP contribution in [-0.2, 0) is 0 Å². The number of fused-ring (bicyclic) bond motifs is 1. The van der Waals surface area contributed by atoms with Crippen molar-refractivity contribution in [1.82, 2.24) is 10.4 Å². The third-order valence-electron chi connectivity index (χ3n) is 4.80. The summed E-state index contributed by atoms with van der Waals surface area (Å²) in [6.45, 7) is 1.72. The maximum absolute atomic E-state index is 12.5. The number of hydrogen-bond donors (Lipinski definition) is 1. The van der Waals surface area contributed by atoms with Crippen molar-refractivity contribution in [3.8, 4) is 0 Å². The smallest absolute Gasteiger partial charge is 0.266 e. The highest BCUT2D eigenvalue weighted by molar-refractivity contribution is 6.34. The van der Waals surface area contributed by atoms with Gasteiger partial charge in [0, 0.05) is 18.7 Å². The second-order valence-electron chi connectivity index (χ2n) is 6.53. The molecule has 3 amide bonds. The molecule has 26 heavy (non-hydrogen) atoms. The highest BCUT2D eigenvalue weighted by atomic mass is 16.2. The Hall–Kier alpha value is -2.99. The lowest BCUT2D eigenvalue weighted by atomic mass is 10.1. The molecule has 1 fully saturated rings. The Morgan fingerprint density at radius 3 is 1.96 bits per heavy atom. The molecule has 2 aliphatic heterocycles. The number of piperidine rings is 1. The molecule has 6 nitrogen and oxygen atoms in total. The van der Waals surface area contributed by atoms with E-state index in [-0.39, 0.29) is 17.7 Å². The number of rotatable bonds is 3. The quantitative estimate of drug-likeness (QED) is 0.865. The summed E-state index contributed by atoms with van der Waals surface area (Å²) in [5, 5.41) is 1.93. The molecular formula is C20H19N3O3. The summed E-state index contributed by atoms with van der Waals surface area (Å²) in [4.78, 5) is 38.5. The largest absolute Gasteiger partial charge is 0.285 e. The van der Waals surface area contributed by atoms with Gasteiger partial charge in [0.2, 0.25) is 0 Å². The van der Waals surface area contributed by atoms with Gasteiger partial charge in [-0.1, -0.05) is 18.6 Å². The summed E-state index contributed by atoms with van der Waals surface area (Å²) in [6.07, 6.45) is 3.36. The zero-order chi connectivity index (χ0) is 18.1. The number of nitrogens with zero attached hydrogens (tertiary/aromatic N) is 2. The van der Waals surface area contributed by atoms with Gasteiger partial charge >= 0.3 is 0 Å². The van der Waals surface area contributed by atoms with Gasteiger partial charge in [-0.25, -0.2) is 9.91 Å². The number of hydrazine groups is 1. The fraction of sp³-hybridized carbons (Fsp3) is 0.250. The molecule has 4 rings (SSSR count). The van der Waals surface area contributed by atoms with Gasteiger partial charge in [0.05, 0.1) is 16.8 Å². The highest BCUT2D eigenvalue weighted by Crippen LogP contribution is 2.28. The van der Waals surface area contributed by atoms with Crippen LogP contribution in [0.1, 0.15) is 50.3 Å². The molecule has 2 aliphatic rings. The third-order valence-corrected chi connectivity index (χ3v) is 4.80. The molecule has 1 saturated heterocycles. The first-order chi connectivity index (χ1) is 12.6. The molecule has 0 unspecified atom stereocenters. The minimum absolute atomic E-state index is 0.180. The van der Waals surface area contributed by atoms with Crippen molar-refractivity contribution in [3.63, 3.8) is 0 Å². The summed E-state index contributed by atoms with van der Waals surface area (Å²) in [5.74, 6) is -0.854. The summed E-state index contributed by atoms with van der Waals surface area (Å²) < 4.78 is 0. The zero-order valence-corrected chi connectivity index (χ0v) is 14.3. The summed E-state index contributed by atoms with van der Waals surface area (Å²) in [6, 6.07) is 13.3. The first-order valence-corrected chi connectivity index (χ1v) is 8.79. The van der Waals surface area contributed by atoms with Crippen molar-refractivity contribution >= 4 is 23.4 Å². The Bertz CT molecular complexity index is 835. The minimum atomic E-state index is -0.337. The van der Waals surface area contributed by atoms with Crippen LogP contribution in [0.2, 0.25) is 0 Å². The Labute approximate surface area is 151 Å². The third kappa shape index (κ3) is 2.88. The average molecular weight is 349 g/mol. The molecular weight excluding hydrogens is 330 g/mol. The standard InChI is InChI=1S/C20H19N3O3/c24-18(21-22-12-4-1-5-13-22)14-8-10-15(11-9-14)23-19(25)16-6-2-3-7-17(16)20(23)26/h2-3,6-11H,1,4-5,12-13H2,(H,21,24). The minimum Gasteiger partial charge on any atom is -0.285 e. The van der Waals surface area contributed by atoms with Crippen LogP contribution in [-0.4, -0.2) is 35.8 Å². The normalized spacial score (nSPS) is 17.3. The van der Waals surface area contributed by atoms with E-state index in [1.807, 2.05) is 5.01 Å². The average Bonchev–Trinajstić information content (AvgIpc) is 2.94. The number of amides is 3. The van der Waals surface area contributed by atoms with Crippen molar-refractivity contribution in [2.75, 3.05) is 18.0 Å². The van der Waals surface area contributed by atoms with Crippen molar-refractivity contribution in [3.05, 3.63) is 65.2 Å². The van der Waals surface area contributed by atoms with E-state index in [1.165, 1.54) is 6.42 Å². The van der Waals surface area contributed by atoms with Gasteiger partial charge in [-0.2, -0.15) is 0 Å². The molecule has 132 valence electrons. The van der Waals surface area contributed by atoms with Gasteiger partial charge in [0.1, 0.15) is 0 Å². The van der Waals surface area contributed by atoms with Crippen molar-refractivity contribution in [2.45, 2.75) is 19.3 Å². The molecule has 2 heterocycles. The molecule has 1 N–H and O–H groups in total. The topological polar surface area (TPSA) is 69.7 Å². The van der Waals surface area contributed by atoms with E-state index in [2.05, 4.69) is 5.43 Å². The van der Waals surface area contributed by atoms with E-state index in [0.29, 0.717) is 22.4 Å². The maximum Gasteiger partial charge on any atom is 0.266 e. The van der Waals surface area contributed by atoms with Gasteiger partial charge in [-0.05, 0) is 49.2 Å². The van der Waals surface area contributed by atoms with Crippen LogP contribution >= 0.6 is 0 Å². The molecule has 0 radical (unpaired) electrons. The van der Waals surface area contributed by atoms with Crippen molar-refractivity contribution in [2.24, 2.45) is 0 Å². The molecule has 0 aliphatic carbocycles. The van der Waals surface area contributed by atoms with Gasteiger partial charge in [0.15, 0.2) is 0 Å². The van der Waals surface area contributed by atoms with E-state index in [4.69, 9.17) is 0 Å². The molecule has 0 saturated carbocycles. The number of hydrogen-bond acceptors (Lipinski definition) is 4. The number of carbonyl (C=O) groups is 3. The second kappa shape index (κ2) is 6.72. The summed E-state index contributed by atoms with van der Waals surface area (Å²) >= 11 is 0. The van der Waals surface area contributed by atoms with Crippen LogP contribution in [0.4, 0.5) is 5.69 Å². The number of anilines is 1. The lowest BCUT2D eigenvalue weighted by molar-refractivity contribution is 0.0749. The molecule has 6 heteroatoms. The first kappa shape index (κ1) is 16.5. The molecule has 2 aromatic rings. The number of imide groups is 1. The van der Waals surface area contributed by atoms with Crippen LogP contribution in [0, 0.1) is 0 Å². The highest BCUT2D eigenvalue weighted by Gasteiger charge is 2.36. The van der Waals surface area contributed by atoms with E-state index in [1.54, 1.807) is 48.5 Å². The fourth-order valence-corrected chi connectivity index (χ4v) is 3.40. The lowest BCUT2D eigenvalue weighted by Crippen LogP contribution is -2.45. The summed E-state index contributed by atoms with van der Waals surface area (Å²) in [7, 11) is 0. The van der Waals surface area contributed by atoms with Crippen LogP contribution in [0.15, 0.2) is 48.5 Å². The van der Waals surface area contributed by atoms with Gasteiger partial charge in [0.25, 0.3) is 17.7 Å². The molecule has 0 atom stereocenters. The Morgan fingerprint density at radius 2 is 1.38 bits per heavy atom. The fourth-order valence-electron chi connectivity index (χ4n) is 3.40. The van der Waals surface area contributed by atoms with E-state index in [9.17, 15) is 14.4 Å². The zero-order valence-electron chi connectivity index (χ0n) is 14.3. The van der Waals surface area contributed by atoms with Gasteiger partial charge in [-0.15, -0.1) is 0 Å². The molecule has 2 aromatic carbocycles. The predicted molar refractivity (Wildman–Crippen MR) is 96.9 cm³/mol. The van der Waals surface area contributed by atoms with Crippen LogP contribution in [0.25, 0.3) is 0 Å². The molecule has 0 spiro atoms. The second-order valence-corrected chi connectivity index (χ2v) is 6.53. The van der Waals surface area contributed by atoms with Gasteiger partial charge < -0.3 is 0 Å². The van der Waals surface area contributed by atoms with Crippen molar-refractivity contribution < 1.29 is 14.4 Å². The number of nitrogens with one attached hydrogen (secondary N) is 1. The lowest BCUT2D eigenvalue weighted by Gasteiger charge is -2.26. The van der Waals surface area contributed by atoms with Crippen molar-refractivity contribution in [1.29, 1.82) is 0 Å². The Morgan fingerprint density at radius 1 is 0.808 bits per heavy atom. The van der Waals surface area contributed by atoms with E-state index >= 15 is 0 Å². The first-order valence-electron chi connectivity index (χ1n) is 8.79. The maximum atomic E-state index is 12.5. The number of carbonyl (C=O) groups excluding carboxylic acids is 3. The number of benzene rings is 2. The monoisotopic (exact) mass is 349 g/mol. The summed E-state index contributed by atoms with van der Waals surface area (Å²) in [5.41, 5.74) is 4.68. The Kier molecular flexibility index (Phi) is 4.26. The predicted octanol–water partition coefficient (Wildman–Crippen LogP) is 2.62. The van der Waals surface area contributed by atoms with E-state index in [0.717, 1.165) is 30.8 Å². The van der Waals surface area contributed by atoms with Crippen LogP contribution in [0.3, 0.4) is 0 Å². The Balaban J connectivity index is 1.51. The molecule has 0 bridgehead atoms. The van der Waals surface area contributed by atoms with Crippen LogP contribution in [0.5, 0.6) is 0 Å². The van der Waals surface area contributed by atoms with E-state index < -0.39 is 0 Å². The van der Waals surface area contributed by atoms with Crippen LogP contribution < -0.4 is 10.3 Å².